The molecule has 0 amide bonds. The maximum atomic E-state index is 11.8. The maximum absolute atomic E-state index is 11.8. The lowest BCUT2D eigenvalue weighted by Gasteiger charge is -2.17. The zero-order chi connectivity index (χ0) is 20.4. The van der Waals surface area contributed by atoms with Crippen molar-refractivity contribution in [3.63, 3.8) is 0 Å². The van der Waals surface area contributed by atoms with Crippen LogP contribution in [0.25, 0.3) is 5.69 Å². The van der Waals surface area contributed by atoms with Crippen LogP contribution >= 0.6 is 15.9 Å². The number of nitrogens with zero attached hydrogens (tertiary/aromatic N) is 2. The lowest BCUT2D eigenvalue weighted by atomic mass is 10.1. The number of halogens is 1. The number of hydrogen-bond acceptors (Lipinski definition) is 4. The average molecular weight is 444 g/mol. The first-order chi connectivity index (χ1) is 13.4. The number of carboxylic acids is 1. The van der Waals surface area contributed by atoms with E-state index in [0.29, 0.717) is 17.3 Å². The fourth-order valence-corrected chi connectivity index (χ4v) is 3.48. The van der Waals surface area contributed by atoms with E-state index in [1.807, 2.05) is 36.7 Å². The molecule has 0 spiro atoms. The van der Waals surface area contributed by atoms with Gasteiger partial charge in [0.2, 0.25) is 0 Å². The van der Waals surface area contributed by atoms with Gasteiger partial charge in [0.25, 0.3) is 0 Å². The van der Waals surface area contributed by atoms with Crippen molar-refractivity contribution in [2.24, 2.45) is 0 Å². The van der Waals surface area contributed by atoms with E-state index in [4.69, 9.17) is 4.74 Å². The van der Waals surface area contributed by atoms with Crippen molar-refractivity contribution < 1.29 is 14.6 Å². The standard InChI is InChI=1S/C21H22BrN3O3/c1-5-14-8-6-7-9-17(14)25-20(18(22)13(3)24-25)23-19-12(2)10-15(28-4)11-16(19)21(26)27/h6-11,23H,5H2,1-4H3,(H,26,27). The number of para-hydroxylation sites is 1. The van der Waals surface area contributed by atoms with E-state index >= 15 is 0 Å². The topological polar surface area (TPSA) is 76.4 Å². The predicted octanol–water partition coefficient (Wildman–Crippen LogP) is 5.26. The lowest BCUT2D eigenvalue weighted by Crippen LogP contribution is -2.10. The van der Waals surface area contributed by atoms with Gasteiger partial charge < -0.3 is 15.2 Å². The van der Waals surface area contributed by atoms with Gasteiger partial charge in [-0.3, -0.25) is 0 Å². The molecule has 1 aromatic heterocycles. The number of benzene rings is 2. The third-order valence-corrected chi connectivity index (χ3v) is 5.56. The molecular formula is C21H22BrN3O3. The zero-order valence-corrected chi connectivity index (χ0v) is 17.8. The number of aryl methyl sites for hydroxylation is 3. The first-order valence-corrected chi connectivity index (χ1v) is 9.69. The van der Waals surface area contributed by atoms with Crippen LogP contribution in [0.15, 0.2) is 40.9 Å². The third-order valence-electron chi connectivity index (χ3n) is 4.61. The second-order valence-corrected chi connectivity index (χ2v) is 7.23. The highest BCUT2D eigenvalue weighted by Crippen LogP contribution is 2.36. The Hall–Kier alpha value is -2.80. The van der Waals surface area contributed by atoms with Gasteiger partial charge in [0.15, 0.2) is 0 Å². The summed E-state index contributed by atoms with van der Waals surface area (Å²) in [4.78, 5) is 11.8. The number of aromatic nitrogens is 2. The number of nitrogens with one attached hydrogen (secondary N) is 1. The minimum Gasteiger partial charge on any atom is -0.497 e. The van der Waals surface area contributed by atoms with Crippen molar-refractivity contribution in [2.45, 2.75) is 27.2 Å². The molecule has 3 aromatic rings. The Morgan fingerprint density at radius 1 is 1.29 bits per heavy atom. The molecule has 28 heavy (non-hydrogen) atoms. The predicted molar refractivity (Wildman–Crippen MR) is 113 cm³/mol. The molecule has 6 nitrogen and oxygen atoms in total. The summed E-state index contributed by atoms with van der Waals surface area (Å²) in [5, 5.41) is 17.7. The van der Waals surface area contributed by atoms with E-state index in [1.165, 1.54) is 13.2 Å². The number of carbonyl (C=O) groups is 1. The fourth-order valence-electron chi connectivity index (χ4n) is 3.13. The van der Waals surface area contributed by atoms with E-state index in [-0.39, 0.29) is 5.56 Å². The average Bonchev–Trinajstić information content (AvgIpc) is 2.97. The zero-order valence-electron chi connectivity index (χ0n) is 16.2. The molecule has 0 bridgehead atoms. The Balaban J connectivity index is 2.18. The minimum atomic E-state index is -1.03. The van der Waals surface area contributed by atoms with Gasteiger partial charge in [-0.2, -0.15) is 5.10 Å². The summed E-state index contributed by atoms with van der Waals surface area (Å²) in [6.45, 7) is 5.84. The van der Waals surface area contributed by atoms with Crippen molar-refractivity contribution in [3.8, 4) is 11.4 Å². The molecule has 0 aliphatic heterocycles. The molecule has 0 atom stereocenters. The van der Waals surface area contributed by atoms with Gasteiger partial charge in [0.1, 0.15) is 11.6 Å². The maximum Gasteiger partial charge on any atom is 0.337 e. The summed E-state index contributed by atoms with van der Waals surface area (Å²) < 4.78 is 7.82. The SMILES string of the molecule is CCc1ccccc1-n1nc(C)c(Br)c1Nc1c(C)cc(OC)cc1C(=O)O. The normalized spacial score (nSPS) is 10.8. The van der Waals surface area contributed by atoms with Crippen molar-refractivity contribution in [3.05, 3.63) is 63.3 Å². The quantitative estimate of drug-likeness (QED) is 0.542. The summed E-state index contributed by atoms with van der Waals surface area (Å²) in [6.07, 6.45) is 0.855. The molecule has 2 N–H and O–H groups in total. The van der Waals surface area contributed by atoms with Crippen LogP contribution in [0, 0.1) is 13.8 Å². The van der Waals surface area contributed by atoms with Crippen molar-refractivity contribution >= 4 is 33.4 Å². The fraction of sp³-hybridized carbons (Fsp3) is 0.238. The van der Waals surface area contributed by atoms with Gasteiger partial charge in [-0.15, -0.1) is 0 Å². The summed E-state index contributed by atoms with van der Waals surface area (Å²) >= 11 is 3.60. The van der Waals surface area contributed by atoms with Crippen LogP contribution in [0.4, 0.5) is 11.5 Å². The molecule has 0 aliphatic rings. The monoisotopic (exact) mass is 443 g/mol. The van der Waals surface area contributed by atoms with Crippen LogP contribution in [0.2, 0.25) is 0 Å². The van der Waals surface area contributed by atoms with Crippen molar-refractivity contribution in [1.29, 1.82) is 0 Å². The summed E-state index contributed by atoms with van der Waals surface area (Å²) in [6, 6.07) is 11.3. The van der Waals surface area contributed by atoms with Crippen molar-refractivity contribution in [1.82, 2.24) is 9.78 Å². The molecule has 0 saturated carbocycles. The second kappa shape index (κ2) is 8.06. The van der Waals surface area contributed by atoms with Crippen molar-refractivity contribution in [2.75, 3.05) is 12.4 Å². The Morgan fingerprint density at radius 3 is 2.64 bits per heavy atom. The number of hydrogen-bond donors (Lipinski definition) is 2. The number of carboxylic acid groups (broad SMARTS) is 1. The highest BCUT2D eigenvalue weighted by atomic mass is 79.9. The number of aromatic carboxylic acids is 1. The van der Waals surface area contributed by atoms with Crippen LogP contribution < -0.4 is 10.1 Å². The Bertz CT molecular complexity index is 1040. The Morgan fingerprint density at radius 2 is 2.00 bits per heavy atom. The van der Waals surface area contributed by atoms with Gasteiger partial charge in [0.05, 0.1) is 34.2 Å². The Kier molecular flexibility index (Phi) is 5.74. The van der Waals surface area contributed by atoms with E-state index in [0.717, 1.165) is 33.4 Å². The van der Waals surface area contributed by atoms with E-state index in [9.17, 15) is 9.90 Å². The molecule has 146 valence electrons. The molecule has 2 aromatic carbocycles. The minimum absolute atomic E-state index is 0.137. The number of rotatable bonds is 6. The Labute approximate surface area is 172 Å². The molecule has 0 saturated heterocycles. The van der Waals surface area contributed by atoms with E-state index < -0.39 is 5.97 Å². The van der Waals surface area contributed by atoms with Gasteiger partial charge in [-0.05, 0) is 65.5 Å². The van der Waals surface area contributed by atoms with Crippen LogP contribution in [-0.2, 0) is 6.42 Å². The molecule has 0 unspecified atom stereocenters. The molecule has 1 heterocycles. The van der Waals surface area contributed by atoms with Gasteiger partial charge >= 0.3 is 5.97 Å². The number of ether oxygens (including phenoxy) is 1. The summed E-state index contributed by atoms with van der Waals surface area (Å²) in [7, 11) is 1.52. The highest BCUT2D eigenvalue weighted by molar-refractivity contribution is 9.10. The van der Waals surface area contributed by atoms with E-state index in [2.05, 4.69) is 39.3 Å². The number of methoxy groups -OCH3 is 1. The third kappa shape index (κ3) is 3.62. The molecule has 0 fully saturated rings. The smallest absolute Gasteiger partial charge is 0.337 e. The molecule has 3 rings (SSSR count). The van der Waals surface area contributed by atoms with Crippen LogP contribution in [0.5, 0.6) is 5.75 Å². The van der Waals surface area contributed by atoms with Gasteiger partial charge in [-0.25, -0.2) is 9.48 Å². The first-order valence-electron chi connectivity index (χ1n) is 8.89. The lowest BCUT2D eigenvalue weighted by molar-refractivity contribution is 0.0697. The largest absolute Gasteiger partial charge is 0.497 e. The van der Waals surface area contributed by atoms with Gasteiger partial charge in [-0.1, -0.05) is 25.1 Å². The van der Waals surface area contributed by atoms with Crippen LogP contribution in [0.1, 0.15) is 34.1 Å². The molecular weight excluding hydrogens is 422 g/mol. The van der Waals surface area contributed by atoms with Crippen LogP contribution in [-0.4, -0.2) is 28.0 Å². The molecule has 7 heteroatoms. The van der Waals surface area contributed by atoms with E-state index in [1.54, 1.807) is 6.07 Å². The van der Waals surface area contributed by atoms with Gasteiger partial charge in [0, 0.05) is 0 Å². The second-order valence-electron chi connectivity index (χ2n) is 6.44. The molecule has 0 aliphatic carbocycles. The highest BCUT2D eigenvalue weighted by Gasteiger charge is 2.21. The number of anilines is 2. The van der Waals surface area contributed by atoms with Crippen LogP contribution in [0.3, 0.4) is 0 Å². The molecule has 0 radical (unpaired) electrons. The summed E-state index contributed by atoms with van der Waals surface area (Å²) in [5.74, 6) is 0.145. The summed E-state index contributed by atoms with van der Waals surface area (Å²) in [5.41, 5.74) is 4.30. The first kappa shape index (κ1) is 19.9.